The molecule has 0 aliphatic heterocycles. The zero-order chi connectivity index (χ0) is 7.61. The number of H-pyrrole nitrogens is 1. The molecule has 0 aliphatic carbocycles. The number of aromatic nitrogens is 3. The molecule has 0 fully saturated rings. The van der Waals surface area contributed by atoms with Crippen LogP contribution in [0, 0.1) is 0 Å². The summed E-state index contributed by atoms with van der Waals surface area (Å²) in [5.74, 6) is 4.68. The maximum absolute atomic E-state index is 10.7. The number of hydrogen-bond donors (Lipinski definition) is 3. The molecule has 0 bridgehead atoms. The van der Waals surface area contributed by atoms with Crippen LogP contribution in [0.25, 0.3) is 0 Å². The van der Waals surface area contributed by atoms with Gasteiger partial charge >= 0.3 is 0 Å². The van der Waals surface area contributed by atoms with Gasteiger partial charge < -0.3 is 0 Å². The van der Waals surface area contributed by atoms with Crippen LogP contribution in [-0.2, 0) is 10.0 Å². The predicted octanol–water partition coefficient (Wildman–Crippen LogP) is -2.04. The van der Waals surface area contributed by atoms with E-state index in [9.17, 15) is 8.42 Å². The van der Waals surface area contributed by atoms with Crippen molar-refractivity contribution >= 4 is 10.0 Å². The number of nitrogens with two attached hydrogens (primary N) is 1. The third-order valence-corrected chi connectivity index (χ3v) is 1.88. The molecule has 0 atom stereocenters. The van der Waals surface area contributed by atoms with Crippen LogP contribution in [0.3, 0.4) is 0 Å². The van der Waals surface area contributed by atoms with Crippen molar-refractivity contribution in [3.8, 4) is 0 Å². The summed E-state index contributed by atoms with van der Waals surface area (Å²) < 4.78 is 21.4. The molecule has 1 rings (SSSR count). The zero-order valence-electron chi connectivity index (χ0n) is 4.77. The molecule has 0 radical (unpaired) electrons. The average Bonchev–Trinajstić information content (AvgIpc) is 2.38. The van der Waals surface area contributed by atoms with Crippen molar-refractivity contribution in [2.75, 3.05) is 0 Å². The Morgan fingerprint density at radius 3 is 2.80 bits per heavy atom. The largest absolute Gasteiger partial charge is 0.274 e. The van der Waals surface area contributed by atoms with E-state index in [2.05, 4.69) is 21.3 Å². The highest BCUT2D eigenvalue weighted by Crippen LogP contribution is 1.96. The van der Waals surface area contributed by atoms with Crippen LogP contribution in [0.4, 0.5) is 0 Å². The van der Waals surface area contributed by atoms with Gasteiger partial charge in [0, 0.05) is 0 Å². The number of rotatable bonds is 2. The molecule has 8 heteroatoms. The smallest absolute Gasteiger partial charge is 0.257 e. The van der Waals surface area contributed by atoms with Gasteiger partial charge in [-0.15, -0.1) is 9.93 Å². The predicted molar refractivity (Wildman–Crippen MR) is 30.9 cm³/mol. The maximum atomic E-state index is 10.7. The summed E-state index contributed by atoms with van der Waals surface area (Å²) in [5.41, 5.74) is 0. The lowest BCUT2D eigenvalue weighted by atomic mass is 11.0. The fourth-order valence-electron chi connectivity index (χ4n) is 0.381. The molecule has 7 nitrogen and oxygen atoms in total. The minimum atomic E-state index is -3.63. The Hall–Kier alpha value is -0.990. The first kappa shape index (κ1) is 7.12. The molecule has 0 amide bonds. The van der Waals surface area contributed by atoms with Gasteiger partial charge in [-0.1, -0.05) is 0 Å². The summed E-state index contributed by atoms with van der Waals surface area (Å²) in [6.45, 7) is 0. The van der Waals surface area contributed by atoms with Crippen molar-refractivity contribution in [3.63, 3.8) is 0 Å². The fraction of sp³-hybridized carbons (Fsp3) is 0. The molecular weight excluding hydrogens is 158 g/mol. The fourth-order valence-corrected chi connectivity index (χ4v) is 0.854. The van der Waals surface area contributed by atoms with E-state index in [1.54, 1.807) is 4.83 Å². The Bertz CT molecular complexity index is 287. The zero-order valence-corrected chi connectivity index (χ0v) is 5.59. The van der Waals surface area contributed by atoms with Gasteiger partial charge in [0.25, 0.3) is 10.0 Å². The first-order valence-electron chi connectivity index (χ1n) is 2.25. The third kappa shape index (κ3) is 1.12. The molecule has 4 N–H and O–H groups in total. The molecule has 10 heavy (non-hydrogen) atoms. The lowest BCUT2D eigenvalue weighted by molar-refractivity contribution is 0.580. The molecular formula is C2H5N5O2S. The number of nitrogens with zero attached hydrogens (tertiary/aromatic N) is 2. The molecule has 0 aliphatic rings. The summed E-state index contributed by atoms with van der Waals surface area (Å²) in [6.07, 6.45) is 1.05. The van der Waals surface area contributed by atoms with Crippen molar-refractivity contribution in [1.29, 1.82) is 0 Å². The van der Waals surface area contributed by atoms with Crippen LogP contribution >= 0.6 is 0 Å². The van der Waals surface area contributed by atoms with E-state index in [4.69, 9.17) is 0 Å². The van der Waals surface area contributed by atoms with Crippen molar-refractivity contribution in [1.82, 2.24) is 20.2 Å². The molecule has 0 aromatic carbocycles. The first-order valence-corrected chi connectivity index (χ1v) is 3.73. The average molecular weight is 163 g/mol. The SMILES string of the molecule is NNS(=O)(=O)c1cn[nH]n1. The highest BCUT2D eigenvalue weighted by atomic mass is 32.2. The Morgan fingerprint density at radius 1 is 1.70 bits per heavy atom. The topological polar surface area (TPSA) is 114 Å². The van der Waals surface area contributed by atoms with Crippen molar-refractivity contribution < 1.29 is 8.42 Å². The quantitative estimate of drug-likeness (QED) is 0.343. The molecule has 1 aromatic rings. The van der Waals surface area contributed by atoms with E-state index < -0.39 is 10.0 Å². The summed E-state index contributed by atoms with van der Waals surface area (Å²) >= 11 is 0. The lowest BCUT2D eigenvalue weighted by Gasteiger charge is -1.92. The molecule has 56 valence electrons. The van der Waals surface area contributed by atoms with Crippen molar-refractivity contribution in [2.24, 2.45) is 5.84 Å². The van der Waals surface area contributed by atoms with Gasteiger partial charge in [-0.05, 0) is 0 Å². The van der Waals surface area contributed by atoms with E-state index in [0.29, 0.717) is 0 Å². The molecule has 0 saturated carbocycles. The van der Waals surface area contributed by atoms with Crippen molar-refractivity contribution in [2.45, 2.75) is 5.03 Å². The Morgan fingerprint density at radius 2 is 2.40 bits per heavy atom. The normalized spacial score (nSPS) is 11.7. The summed E-state index contributed by atoms with van der Waals surface area (Å²) in [4.78, 5) is 1.59. The number of hydrogen-bond acceptors (Lipinski definition) is 5. The van der Waals surface area contributed by atoms with Gasteiger partial charge in [0.05, 0.1) is 6.20 Å². The van der Waals surface area contributed by atoms with Crippen LogP contribution in [0.5, 0.6) is 0 Å². The molecule has 0 saturated heterocycles. The van der Waals surface area contributed by atoms with Gasteiger partial charge in [0.15, 0.2) is 0 Å². The van der Waals surface area contributed by atoms with Crippen LogP contribution in [-0.4, -0.2) is 23.8 Å². The second-order valence-electron chi connectivity index (χ2n) is 1.43. The van der Waals surface area contributed by atoms with Gasteiger partial charge in [-0.3, -0.25) is 5.84 Å². The van der Waals surface area contributed by atoms with Crippen LogP contribution in [0.15, 0.2) is 11.2 Å². The van der Waals surface area contributed by atoms with Crippen LogP contribution < -0.4 is 10.7 Å². The van der Waals surface area contributed by atoms with E-state index >= 15 is 0 Å². The lowest BCUT2D eigenvalue weighted by Crippen LogP contribution is -2.30. The summed E-state index contributed by atoms with van der Waals surface area (Å²) in [6, 6.07) is 0. The first-order chi connectivity index (χ1) is 4.67. The number of aromatic amines is 1. The summed E-state index contributed by atoms with van der Waals surface area (Å²) in [5, 5.41) is 8.49. The minimum absolute atomic E-state index is 0.227. The molecule has 1 aromatic heterocycles. The van der Waals surface area contributed by atoms with Crippen LogP contribution in [0.2, 0.25) is 0 Å². The van der Waals surface area contributed by atoms with Crippen LogP contribution in [0.1, 0.15) is 0 Å². The summed E-state index contributed by atoms with van der Waals surface area (Å²) in [7, 11) is -3.63. The number of nitrogens with one attached hydrogen (secondary N) is 2. The van der Waals surface area contributed by atoms with E-state index in [0.717, 1.165) is 6.20 Å². The Balaban J connectivity index is 3.09. The second-order valence-corrected chi connectivity index (χ2v) is 3.09. The van der Waals surface area contributed by atoms with E-state index in [-0.39, 0.29) is 5.03 Å². The number of sulfonamides is 1. The monoisotopic (exact) mass is 163 g/mol. The van der Waals surface area contributed by atoms with E-state index in [1.807, 2.05) is 0 Å². The van der Waals surface area contributed by atoms with Gasteiger partial charge in [0.2, 0.25) is 5.03 Å². The van der Waals surface area contributed by atoms with Gasteiger partial charge in [-0.2, -0.15) is 10.3 Å². The van der Waals surface area contributed by atoms with Gasteiger partial charge in [0.1, 0.15) is 0 Å². The third-order valence-electron chi connectivity index (χ3n) is 0.823. The molecule has 1 heterocycles. The molecule has 0 unspecified atom stereocenters. The highest BCUT2D eigenvalue weighted by Gasteiger charge is 2.13. The maximum Gasteiger partial charge on any atom is 0.274 e. The number of hydrazine groups is 1. The van der Waals surface area contributed by atoms with Gasteiger partial charge in [-0.25, -0.2) is 8.42 Å². The molecule has 0 spiro atoms. The Kier molecular flexibility index (Phi) is 1.66. The van der Waals surface area contributed by atoms with E-state index in [1.165, 1.54) is 0 Å². The van der Waals surface area contributed by atoms with Crippen molar-refractivity contribution in [3.05, 3.63) is 6.20 Å². The minimum Gasteiger partial charge on any atom is -0.257 e. The standard InChI is InChI=1S/C2H5N5O2S/c3-6-10(8,9)2-1-4-7-5-2/h1,6H,3H2,(H,4,5,7). The highest BCUT2D eigenvalue weighted by molar-refractivity contribution is 7.89. The second kappa shape index (κ2) is 2.33. The Labute approximate surface area is 56.6 Å².